The predicted molar refractivity (Wildman–Crippen MR) is 127 cm³/mol. The van der Waals surface area contributed by atoms with E-state index in [1.165, 1.54) is 17.3 Å². The molecule has 6 nitrogen and oxygen atoms in total. The Balaban J connectivity index is 1.61. The van der Waals surface area contributed by atoms with Crippen molar-refractivity contribution in [1.29, 1.82) is 0 Å². The monoisotopic (exact) mass is 446 g/mol. The van der Waals surface area contributed by atoms with Crippen LogP contribution in [0.4, 0.5) is 0 Å². The summed E-state index contributed by atoms with van der Waals surface area (Å²) in [6.07, 6.45) is 0.832. The van der Waals surface area contributed by atoms with Gasteiger partial charge in [0.15, 0.2) is 16.8 Å². The highest BCUT2D eigenvalue weighted by Crippen LogP contribution is 2.31. The van der Waals surface area contributed by atoms with Gasteiger partial charge < -0.3 is 14.3 Å². The molecule has 0 amide bonds. The lowest BCUT2D eigenvalue weighted by Gasteiger charge is -2.12. The van der Waals surface area contributed by atoms with Gasteiger partial charge in [0.2, 0.25) is 0 Å². The van der Waals surface area contributed by atoms with Gasteiger partial charge in [-0.1, -0.05) is 54.2 Å². The largest absolute Gasteiger partial charge is 0.496 e. The van der Waals surface area contributed by atoms with Crippen LogP contribution in [-0.4, -0.2) is 38.4 Å². The number of thioether (sulfide) groups is 1. The fourth-order valence-electron chi connectivity index (χ4n) is 3.73. The van der Waals surface area contributed by atoms with Crippen molar-refractivity contribution in [3.8, 4) is 17.1 Å². The molecule has 164 valence electrons. The minimum atomic E-state index is 0.0771. The highest BCUT2D eigenvalue weighted by molar-refractivity contribution is 7.99. The Labute approximate surface area is 192 Å². The maximum absolute atomic E-state index is 12.8. The van der Waals surface area contributed by atoms with E-state index in [1.54, 1.807) is 7.11 Å². The van der Waals surface area contributed by atoms with Gasteiger partial charge in [-0.2, -0.15) is 0 Å². The number of rotatable bonds is 9. The zero-order valence-corrected chi connectivity index (χ0v) is 19.3. The number of nitrogens with one attached hydrogen (secondary N) is 1. The van der Waals surface area contributed by atoms with Gasteiger partial charge in [0.05, 0.1) is 18.4 Å². The van der Waals surface area contributed by atoms with Gasteiger partial charge in [0, 0.05) is 23.5 Å². The van der Waals surface area contributed by atoms with Crippen molar-refractivity contribution in [1.82, 2.24) is 19.7 Å². The van der Waals surface area contributed by atoms with Gasteiger partial charge in [0.25, 0.3) is 0 Å². The van der Waals surface area contributed by atoms with E-state index in [0.29, 0.717) is 12.3 Å². The van der Waals surface area contributed by atoms with Gasteiger partial charge in [-0.05, 0) is 44.0 Å². The molecule has 0 aliphatic heterocycles. The maximum atomic E-state index is 12.8. The molecule has 2 heterocycles. The van der Waals surface area contributed by atoms with Crippen molar-refractivity contribution < 1.29 is 9.53 Å². The first kappa shape index (κ1) is 21.9. The van der Waals surface area contributed by atoms with Gasteiger partial charge in [-0.25, -0.2) is 0 Å². The van der Waals surface area contributed by atoms with E-state index in [0.717, 1.165) is 45.7 Å². The minimum Gasteiger partial charge on any atom is -0.496 e. The average Bonchev–Trinajstić information content (AvgIpc) is 3.38. The molecule has 0 aliphatic rings. The third-order valence-corrected chi connectivity index (χ3v) is 6.28. The molecule has 1 N–H and O–H groups in total. The van der Waals surface area contributed by atoms with Crippen LogP contribution in [0.2, 0.25) is 0 Å². The van der Waals surface area contributed by atoms with Crippen LogP contribution < -0.4 is 4.74 Å². The van der Waals surface area contributed by atoms with Gasteiger partial charge >= 0.3 is 0 Å². The molecule has 0 spiro atoms. The molecular formula is C25H26N4O2S. The topological polar surface area (TPSA) is 72.8 Å². The van der Waals surface area contributed by atoms with E-state index in [4.69, 9.17) is 4.74 Å². The summed E-state index contributed by atoms with van der Waals surface area (Å²) < 4.78 is 7.63. The second-order valence-electron chi connectivity index (χ2n) is 7.60. The molecule has 0 radical (unpaired) electrons. The summed E-state index contributed by atoms with van der Waals surface area (Å²) in [6.45, 7) is 4.58. The minimum absolute atomic E-state index is 0.0771. The molecule has 0 saturated heterocycles. The molecule has 4 aromatic rings. The number of carbonyl (C=O) groups is 1. The van der Waals surface area contributed by atoms with Gasteiger partial charge in [-0.3, -0.25) is 4.79 Å². The first-order valence-corrected chi connectivity index (χ1v) is 11.5. The summed E-state index contributed by atoms with van der Waals surface area (Å²) in [6, 6.07) is 20.0. The number of methoxy groups -OCH3 is 1. The fourth-order valence-corrected chi connectivity index (χ4v) is 4.58. The number of para-hydroxylation sites is 1. The van der Waals surface area contributed by atoms with Crippen LogP contribution in [0.5, 0.6) is 5.75 Å². The van der Waals surface area contributed by atoms with E-state index in [1.807, 2.05) is 62.4 Å². The van der Waals surface area contributed by atoms with Gasteiger partial charge in [-0.15, -0.1) is 10.2 Å². The first-order chi connectivity index (χ1) is 15.6. The summed E-state index contributed by atoms with van der Waals surface area (Å²) in [5.41, 5.74) is 4.73. The van der Waals surface area contributed by atoms with E-state index in [2.05, 4.69) is 31.9 Å². The fraction of sp³-hybridized carbons (Fsp3) is 0.240. The summed E-state index contributed by atoms with van der Waals surface area (Å²) in [5, 5.41) is 9.63. The smallest absolute Gasteiger partial charge is 0.191 e. The molecule has 2 aromatic heterocycles. The van der Waals surface area contributed by atoms with Crippen molar-refractivity contribution in [2.75, 3.05) is 12.9 Å². The highest BCUT2D eigenvalue weighted by Gasteiger charge is 2.19. The van der Waals surface area contributed by atoms with Crippen molar-refractivity contribution in [2.24, 2.45) is 0 Å². The van der Waals surface area contributed by atoms with Crippen LogP contribution in [0.3, 0.4) is 0 Å². The molecule has 2 aromatic carbocycles. The highest BCUT2D eigenvalue weighted by atomic mass is 32.2. The lowest BCUT2D eigenvalue weighted by molar-refractivity contribution is 0.102. The Morgan fingerprint density at radius 2 is 1.81 bits per heavy atom. The molecule has 0 saturated carbocycles. The number of nitrogens with zero attached hydrogens (tertiary/aromatic N) is 3. The predicted octanol–water partition coefficient (Wildman–Crippen LogP) is 5.12. The molecule has 0 atom stereocenters. The van der Waals surface area contributed by atoms with E-state index >= 15 is 0 Å². The normalized spacial score (nSPS) is 11.0. The first-order valence-electron chi connectivity index (χ1n) is 10.5. The lowest BCUT2D eigenvalue weighted by atomic mass is 10.1. The second kappa shape index (κ2) is 9.87. The Kier molecular flexibility index (Phi) is 6.75. The second-order valence-corrected chi connectivity index (χ2v) is 8.54. The number of ketones is 1. The maximum Gasteiger partial charge on any atom is 0.191 e. The molecule has 0 bridgehead atoms. The third-order valence-electron chi connectivity index (χ3n) is 5.31. The van der Waals surface area contributed by atoms with Crippen LogP contribution in [0.25, 0.3) is 11.4 Å². The van der Waals surface area contributed by atoms with Crippen molar-refractivity contribution in [3.63, 3.8) is 0 Å². The van der Waals surface area contributed by atoms with Crippen LogP contribution in [0.1, 0.15) is 27.3 Å². The van der Waals surface area contributed by atoms with E-state index in [9.17, 15) is 4.79 Å². The summed E-state index contributed by atoms with van der Waals surface area (Å²) >= 11 is 1.42. The number of aromatic nitrogens is 4. The number of aryl methyl sites for hydroxylation is 3. The van der Waals surface area contributed by atoms with Crippen molar-refractivity contribution >= 4 is 17.5 Å². The molecule has 0 unspecified atom stereocenters. The van der Waals surface area contributed by atoms with Crippen LogP contribution >= 0.6 is 11.8 Å². The molecule has 4 rings (SSSR count). The number of ether oxygens (including phenoxy) is 1. The number of hydrogen-bond donors (Lipinski definition) is 1. The average molecular weight is 447 g/mol. The number of hydrogen-bond acceptors (Lipinski definition) is 5. The van der Waals surface area contributed by atoms with Gasteiger partial charge in [0.1, 0.15) is 5.75 Å². The number of H-pyrrole nitrogens is 1. The van der Waals surface area contributed by atoms with Crippen molar-refractivity contribution in [3.05, 3.63) is 83.2 Å². The molecule has 0 fully saturated rings. The van der Waals surface area contributed by atoms with Crippen LogP contribution in [-0.2, 0) is 13.0 Å². The Morgan fingerprint density at radius 3 is 2.53 bits per heavy atom. The number of Topliss-reactive ketones (excluding diaryl/α,β-unsaturated/α-hetero) is 1. The van der Waals surface area contributed by atoms with E-state index < -0.39 is 0 Å². The Hall–Kier alpha value is -3.32. The number of benzene rings is 2. The molecule has 0 aliphatic carbocycles. The zero-order valence-electron chi connectivity index (χ0n) is 18.5. The number of carbonyl (C=O) groups excluding carboxylic acids is 1. The van der Waals surface area contributed by atoms with Crippen molar-refractivity contribution in [2.45, 2.75) is 32.0 Å². The summed E-state index contributed by atoms with van der Waals surface area (Å²) in [5.74, 6) is 1.86. The molecule has 7 heteroatoms. The molecular weight excluding hydrogens is 420 g/mol. The van der Waals surface area contributed by atoms with Crippen LogP contribution in [0.15, 0.2) is 65.8 Å². The molecule has 32 heavy (non-hydrogen) atoms. The third kappa shape index (κ3) is 4.78. The summed E-state index contributed by atoms with van der Waals surface area (Å²) in [4.78, 5) is 16.0. The Morgan fingerprint density at radius 1 is 1.06 bits per heavy atom. The summed E-state index contributed by atoms with van der Waals surface area (Å²) in [7, 11) is 1.65. The van der Waals surface area contributed by atoms with E-state index in [-0.39, 0.29) is 5.78 Å². The zero-order chi connectivity index (χ0) is 22.5. The number of aromatic amines is 1. The Bertz CT molecular complexity index is 1210. The SMILES string of the molecule is COc1ccccc1-c1nnc(SCC(=O)c2cc(C)[nH]c2C)n1CCc1ccccc1. The quantitative estimate of drug-likeness (QED) is 0.285. The lowest BCUT2D eigenvalue weighted by Crippen LogP contribution is -2.08. The standard InChI is InChI=1S/C25H26N4O2S/c1-17-15-21(18(2)26-17)22(30)16-32-25-28-27-24(20-11-7-8-12-23(20)31-3)29(25)14-13-19-9-5-4-6-10-19/h4-12,15,26H,13-14,16H2,1-3H3. The van der Waals surface area contributed by atoms with Crippen LogP contribution in [0, 0.1) is 13.8 Å².